The predicted molar refractivity (Wildman–Crippen MR) is 124 cm³/mol. The summed E-state index contributed by atoms with van der Waals surface area (Å²) < 4.78 is 15.7. The zero-order valence-electron chi connectivity index (χ0n) is 18.5. The lowest BCUT2D eigenvalue weighted by atomic mass is 9.96. The van der Waals surface area contributed by atoms with Crippen LogP contribution in [0.2, 0.25) is 0 Å². The number of benzene rings is 1. The second-order valence-corrected chi connectivity index (χ2v) is 8.60. The molecular weight excluding hydrogens is 387 g/mol. The van der Waals surface area contributed by atoms with Crippen LogP contribution in [0.1, 0.15) is 31.0 Å². The number of pyridine rings is 1. The van der Waals surface area contributed by atoms with Crippen molar-refractivity contribution in [3.05, 3.63) is 84.2 Å². The number of rotatable bonds is 9. The summed E-state index contributed by atoms with van der Waals surface area (Å²) in [5, 5.41) is 0. The Balaban J connectivity index is 1.32. The first-order chi connectivity index (χ1) is 15.2. The van der Waals surface area contributed by atoms with Gasteiger partial charge in [-0.25, -0.2) is 4.39 Å². The van der Waals surface area contributed by atoms with E-state index in [0.29, 0.717) is 5.92 Å². The Morgan fingerprint density at radius 1 is 1.16 bits per heavy atom. The molecule has 0 aliphatic carbocycles. The Labute approximate surface area is 185 Å². The molecule has 2 aromatic heterocycles. The van der Waals surface area contributed by atoms with Crippen LogP contribution in [0.25, 0.3) is 5.69 Å². The summed E-state index contributed by atoms with van der Waals surface area (Å²) >= 11 is 0. The molecule has 0 amide bonds. The van der Waals surface area contributed by atoms with Crippen molar-refractivity contribution in [2.24, 2.45) is 5.92 Å². The van der Waals surface area contributed by atoms with E-state index < -0.39 is 0 Å². The monoisotopic (exact) mass is 420 g/mol. The van der Waals surface area contributed by atoms with Gasteiger partial charge in [-0.1, -0.05) is 19.1 Å². The molecule has 5 heteroatoms. The van der Waals surface area contributed by atoms with Gasteiger partial charge in [-0.2, -0.15) is 0 Å². The first kappa shape index (κ1) is 21.7. The standard InChI is InChI=1S/C26H33FN4/c1-2-29(21-26-11-6-15-31(26)25-10-4-13-28-18-25)19-23-8-5-14-30(20-23)16-12-22-7-3-9-24(27)17-22/h3-4,6-7,9-11,13,15,17-18,23H,2,5,8,12,14,16,19-21H2,1H3. The van der Waals surface area contributed by atoms with Gasteiger partial charge in [0.15, 0.2) is 0 Å². The Kier molecular flexibility index (Phi) is 7.49. The van der Waals surface area contributed by atoms with Crippen LogP contribution in [-0.4, -0.2) is 52.1 Å². The number of aromatic nitrogens is 2. The van der Waals surface area contributed by atoms with Gasteiger partial charge in [0.25, 0.3) is 0 Å². The van der Waals surface area contributed by atoms with Gasteiger partial charge in [0, 0.05) is 44.3 Å². The molecule has 0 N–H and O–H groups in total. The van der Waals surface area contributed by atoms with E-state index in [-0.39, 0.29) is 5.82 Å². The second-order valence-electron chi connectivity index (χ2n) is 8.60. The van der Waals surface area contributed by atoms with Crippen LogP contribution in [0, 0.1) is 11.7 Å². The van der Waals surface area contributed by atoms with Gasteiger partial charge in [0.1, 0.15) is 5.82 Å². The van der Waals surface area contributed by atoms with Gasteiger partial charge >= 0.3 is 0 Å². The number of nitrogens with zero attached hydrogens (tertiary/aromatic N) is 4. The van der Waals surface area contributed by atoms with Crippen molar-refractivity contribution in [3.63, 3.8) is 0 Å². The van der Waals surface area contributed by atoms with E-state index >= 15 is 0 Å². The molecule has 1 unspecified atom stereocenters. The van der Waals surface area contributed by atoms with Crippen molar-refractivity contribution >= 4 is 0 Å². The molecule has 0 spiro atoms. The first-order valence-electron chi connectivity index (χ1n) is 11.5. The smallest absolute Gasteiger partial charge is 0.123 e. The fraction of sp³-hybridized carbons (Fsp3) is 0.423. The van der Waals surface area contributed by atoms with Gasteiger partial charge in [-0.05, 0) is 80.2 Å². The van der Waals surface area contributed by atoms with E-state index in [2.05, 4.69) is 50.7 Å². The molecule has 1 aliphatic rings. The van der Waals surface area contributed by atoms with E-state index in [4.69, 9.17) is 0 Å². The molecule has 0 saturated carbocycles. The second kappa shape index (κ2) is 10.7. The van der Waals surface area contributed by atoms with E-state index in [0.717, 1.165) is 56.9 Å². The minimum Gasteiger partial charge on any atom is -0.318 e. The van der Waals surface area contributed by atoms with E-state index in [1.807, 2.05) is 30.6 Å². The third kappa shape index (κ3) is 6.02. The fourth-order valence-corrected chi connectivity index (χ4v) is 4.68. The number of halogens is 1. The van der Waals surface area contributed by atoms with Crippen molar-refractivity contribution in [2.75, 3.05) is 32.7 Å². The van der Waals surface area contributed by atoms with Crippen molar-refractivity contribution < 1.29 is 4.39 Å². The highest BCUT2D eigenvalue weighted by atomic mass is 19.1. The average molecular weight is 421 g/mol. The average Bonchev–Trinajstić information content (AvgIpc) is 3.26. The minimum atomic E-state index is -0.136. The van der Waals surface area contributed by atoms with Crippen LogP contribution < -0.4 is 0 Å². The third-order valence-electron chi connectivity index (χ3n) is 6.32. The molecule has 1 aliphatic heterocycles. The molecule has 3 aromatic rings. The van der Waals surface area contributed by atoms with Crippen molar-refractivity contribution in [2.45, 2.75) is 32.7 Å². The molecule has 1 fully saturated rings. The van der Waals surface area contributed by atoms with Crippen LogP contribution in [0.5, 0.6) is 0 Å². The number of hydrogen-bond acceptors (Lipinski definition) is 3. The van der Waals surface area contributed by atoms with Crippen molar-refractivity contribution in [1.29, 1.82) is 0 Å². The third-order valence-corrected chi connectivity index (χ3v) is 6.32. The molecule has 0 radical (unpaired) electrons. The molecule has 1 saturated heterocycles. The fourth-order valence-electron chi connectivity index (χ4n) is 4.68. The highest BCUT2D eigenvalue weighted by Crippen LogP contribution is 2.20. The normalized spacial score (nSPS) is 17.3. The molecule has 4 rings (SSSR count). The zero-order chi connectivity index (χ0) is 21.5. The Morgan fingerprint density at radius 3 is 2.90 bits per heavy atom. The highest BCUT2D eigenvalue weighted by molar-refractivity contribution is 5.32. The Hall–Kier alpha value is -2.50. The van der Waals surface area contributed by atoms with Crippen LogP contribution in [0.15, 0.2) is 67.1 Å². The van der Waals surface area contributed by atoms with Gasteiger partial charge in [-0.15, -0.1) is 0 Å². The summed E-state index contributed by atoms with van der Waals surface area (Å²) in [6.45, 7) is 8.65. The number of piperidine rings is 1. The largest absolute Gasteiger partial charge is 0.318 e. The van der Waals surface area contributed by atoms with Gasteiger partial charge < -0.3 is 9.47 Å². The van der Waals surface area contributed by atoms with Crippen LogP contribution in [0.4, 0.5) is 4.39 Å². The highest BCUT2D eigenvalue weighted by Gasteiger charge is 2.22. The Bertz CT molecular complexity index is 939. The van der Waals surface area contributed by atoms with Crippen LogP contribution in [0.3, 0.4) is 0 Å². The summed E-state index contributed by atoms with van der Waals surface area (Å²) in [7, 11) is 0. The molecule has 4 nitrogen and oxygen atoms in total. The van der Waals surface area contributed by atoms with E-state index in [1.54, 1.807) is 6.07 Å². The zero-order valence-corrected chi connectivity index (χ0v) is 18.5. The SMILES string of the molecule is CCN(Cc1cccn1-c1cccnc1)CC1CCCN(CCc2cccc(F)c2)C1. The summed E-state index contributed by atoms with van der Waals surface area (Å²) in [6, 6.07) is 15.4. The Morgan fingerprint density at radius 2 is 2.10 bits per heavy atom. The molecular formula is C26H33FN4. The first-order valence-corrected chi connectivity index (χ1v) is 11.5. The lowest BCUT2D eigenvalue weighted by molar-refractivity contribution is 0.132. The van der Waals surface area contributed by atoms with Gasteiger partial charge in [0.05, 0.1) is 11.9 Å². The summed E-state index contributed by atoms with van der Waals surface area (Å²) in [5.41, 5.74) is 3.50. The number of hydrogen-bond donors (Lipinski definition) is 0. The quantitative estimate of drug-likeness (QED) is 0.498. The molecule has 1 aromatic carbocycles. The minimum absolute atomic E-state index is 0.136. The molecule has 0 bridgehead atoms. The molecule has 3 heterocycles. The molecule has 31 heavy (non-hydrogen) atoms. The number of likely N-dealkylation sites (tertiary alicyclic amines) is 1. The maximum atomic E-state index is 13.4. The summed E-state index contributed by atoms with van der Waals surface area (Å²) in [4.78, 5) is 9.39. The van der Waals surface area contributed by atoms with E-state index in [9.17, 15) is 4.39 Å². The topological polar surface area (TPSA) is 24.3 Å². The van der Waals surface area contributed by atoms with E-state index in [1.165, 1.54) is 24.6 Å². The predicted octanol–water partition coefficient (Wildman–Crippen LogP) is 4.79. The molecule has 1 atom stereocenters. The van der Waals surface area contributed by atoms with Crippen LogP contribution in [-0.2, 0) is 13.0 Å². The maximum Gasteiger partial charge on any atom is 0.123 e. The summed E-state index contributed by atoms with van der Waals surface area (Å²) in [6.07, 6.45) is 9.30. The summed E-state index contributed by atoms with van der Waals surface area (Å²) in [5.74, 6) is 0.548. The van der Waals surface area contributed by atoms with Crippen molar-refractivity contribution in [3.8, 4) is 5.69 Å². The van der Waals surface area contributed by atoms with Crippen LogP contribution >= 0.6 is 0 Å². The lowest BCUT2D eigenvalue weighted by Gasteiger charge is -2.35. The lowest BCUT2D eigenvalue weighted by Crippen LogP contribution is -2.41. The van der Waals surface area contributed by atoms with Crippen molar-refractivity contribution in [1.82, 2.24) is 19.4 Å². The van der Waals surface area contributed by atoms with Gasteiger partial charge in [-0.3, -0.25) is 9.88 Å². The van der Waals surface area contributed by atoms with Gasteiger partial charge in [0.2, 0.25) is 0 Å². The maximum absolute atomic E-state index is 13.4. The molecule has 164 valence electrons.